The smallest absolute Gasteiger partial charge is 0.309 e. The fraction of sp³-hybridized carbons (Fsp3) is 0.0870. The monoisotopic (exact) mass is 915 g/mol. The van der Waals surface area contributed by atoms with Crippen LogP contribution in [-0.4, -0.2) is 4.57 Å². The molecule has 0 bridgehead atoms. The highest BCUT2D eigenvalue weighted by atomic mass is 31.2. The molecule has 8 rings (SSSR count). The number of para-hydroxylation sites is 1. The van der Waals surface area contributed by atoms with Crippen LogP contribution in [-0.2, 0) is 33.8 Å². The van der Waals surface area contributed by atoms with Crippen LogP contribution < -0.4 is 31.8 Å². The Balaban J connectivity index is 1.41. The molecule has 0 unspecified atom stereocenters. The molecule has 3 nitrogen and oxygen atoms in total. The minimum atomic E-state index is -4.77. The summed E-state index contributed by atoms with van der Waals surface area (Å²) in [6.45, 7) is 0. The molecular weight excluding hydrogens is 888 g/mol. The number of hydrogen-bond acceptors (Lipinski definition) is 2. The van der Waals surface area contributed by atoms with Gasteiger partial charge in [0, 0.05) is 48.3 Å². The summed E-state index contributed by atoms with van der Waals surface area (Å²) >= 11 is 0. The lowest BCUT2D eigenvalue weighted by molar-refractivity contribution is -0.138. The van der Waals surface area contributed by atoms with Crippen LogP contribution in [0.3, 0.4) is 0 Å². The molecule has 0 aliphatic rings. The van der Waals surface area contributed by atoms with Crippen LogP contribution in [0.25, 0.3) is 27.5 Å². The lowest BCUT2D eigenvalue weighted by Crippen LogP contribution is -2.26. The van der Waals surface area contributed by atoms with Crippen LogP contribution in [0.4, 0.5) is 52.7 Å². The summed E-state index contributed by atoms with van der Waals surface area (Å²) in [6, 6.07) is 31.2. The molecule has 0 radical (unpaired) electrons. The Morgan fingerprint density at radius 1 is 0.317 bits per heavy atom. The van der Waals surface area contributed by atoms with Gasteiger partial charge in [-0.05, 0) is 97.1 Å². The number of nitrogens with zero attached hydrogens (tertiary/aromatic N) is 1. The van der Waals surface area contributed by atoms with Crippen LogP contribution in [0.5, 0.6) is 0 Å². The topological polar surface area (TPSA) is 39.1 Å². The zero-order valence-electron chi connectivity index (χ0n) is 31.8. The van der Waals surface area contributed by atoms with Crippen molar-refractivity contribution in [1.82, 2.24) is 4.57 Å². The molecule has 0 spiro atoms. The minimum absolute atomic E-state index is 0.0132. The molecular formula is C46H27F12NO2P2. The summed E-state index contributed by atoms with van der Waals surface area (Å²) in [4.78, 5) is 0. The summed E-state index contributed by atoms with van der Waals surface area (Å²) in [5.74, 6) is 0. The maximum absolute atomic E-state index is 15.6. The zero-order valence-corrected chi connectivity index (χ0v) is 33.6. The third-order valence-electron chi connectivity index (χ3n) is 10.7. The van der Waals surface area contributed by atoms with E-state index in [0.29, 0.717) is 76.0 Å². The number of rotatable bonds is 7. The van der Waals surface area contributed by atoms with E-state index in [0.717, 1.165) is 48.5 Å². The van der Waals surface area contributed by atoms with Gasteiger partial charge in [0.1, 0.15) is 0 Å². The Morgan fingerprint density at radius 2 is 0.571 bits per heavy atom. The van der Waals surface area contributed by atoms with E-state index >= 15 is 9.13 Å². The van der Waals surface area contributed by atoms with Crippen molar-refractivity contribution in [2.75, 3.05) is 0 Å². The number of aromatic nitrogens is 1. The van der Waals surface area contributed by atoms with Crippen LogP contribution in [0.1, 0.15) is 22.3 Å². The molecule has 0 N–H and O–H groups in total. The molecule has 0 fully saturated rings. The first-order valence-electron chi connectivity index (χ1n) is 18.6. The maximum Gasteiger partial charge on any atom is 0.416 e. The summed E-state index contributed by atoms with van der Waals surface area (Å²) in [7, 11) is -8.65. The van der Waals surface area contributed by atoms with Crippen molar-refractivity contribution in [3.63, 3.8) is 0 Å². The lowest BCUT2D eigenvalue weighted by Gasteiger charge is -2.22. The van der Waals surface area contributed by atoms with Crippen molar-refractivity contribution < 1.29 is 61.8 Å². The van der Waals surface area contributed by atoms with Gasteiger partial charge in [0.05, 0.1) is 33.3 Å². The Kier molecular flexibility index (Phi) is 10.6. The second kappa shape index (κ2) is 15.3. The van der Waals surface area contributed by atoms with Gasteiger partial charge in [-0.1, -0.05) is 66.7 Å². The van der Waals surface area contributed by atoms with Gasteiger partial charge in [-0.3, -0.25) is 0 Å². The number of alkyl halides is 12. The summed E-state index contributed by atoms with van der Waals surface area (Å²) < 4.78 is 197. The van der Waals surface area contributed by atoms with E-state index in [1.807, 2.05) is 0 Å². The fourth-order valence-corrected chi connectivity index (χ4v) is 12.8. The van der Waals surface area contributed by atoms with Gasteiger partial charge in [0.2, 0.25) is 0 Å². The van der Waals surface area contributed by atoms with Crippen LogP contribution in [0.15, 0.2) is 164 Å². The Labute approximate surface area is 350 Å². The molecule has 0 saturated carbocycles. The molecule has 322 valence electrons. The van der Waals surface area contributed by atoms with E-state index in [9.17, 15) is 52.7 Å². The molecule has 7 aromatic carbocycles. The summed E-state index contributed by atoms with van der Waals surface area (Å²) in [5, 5.41) is 0.0125. The zero-order chi connectivity index (χ0) is 45.3. The van der Waals surface area contributed by atoms with Crippen molar-refractivity contribution in [3.05, 3.63) is 186 Å². The third-order valence-corrected chi connectivity index (χ3v) is 16.8. The number of fused-ring (bicyclic) bond motifs is 3. The van der Waals surface area contributed by atoms with E-state index in [1.54, 1.807) is 47.0 Å². The van der Waals surface area contributed by atoms with Crippen molar-refractivity contribution in [3.8, 4) is 5.69 Å². The average Bonchev–Trinajstić information content (AvgIpc) is 3.58. The third kappa shape index (κ3) is 7.86. The highest BCUT2D eigenvalue weighted by molar-refractivity contribution is 7.85. The molecule has 0 saturated heterocycles. The van der Waals surface area contributed by atoms with E-state index in [2.05, 4.69) is 0 Å². The first-order chi connectivity index (χ1) is 29.5. The average molecular weight is 916 g/mol. The number of halogens is 12. The van der Waals surface area contributed by atoms with Gasteiger partial charge in [-0.15, -0.1) is 0 Å². The van der Waals surface area contributed by atoms with Crippen molar-refractivity contribution in [1.29, 1.82) is 0 Å². The molecule has 8 aromatic rings. The standard InChI is InChI=1S/C46H27F12NO2P2/c47-43(48,49)28-6-14-33(15-7-28)62(60,34-16-8-29(9-17-34)44(50,51)52)37-22-24-41-39(26-37)40-27-38(23-25-42(40)59(41)32-4-2-1-3-5-32)63(61,35-18-10-30(11-19-35)45(53,54)55)36-20-12-31(13-21-36)46(56,57)58/h1-27H. The molecule has 0 atom stereocenters. The highest BCUT2D eigenvalue weighted by Crippen LogP contribution is 2.48. The molecule has 0 aliphatic carbocycles. The largest absolute Gasteiger partial charge is 0.416 e. The van der Waals surface area contributed by atoms with Gasteiger partial charge >= 0.3 is 24.7 Å². The second-order valence-electron chi connectivity index (χ2n) is 14.5. The first kappa shape index (κ1) is 43.6. The SMILES string of the molecule is O=P(c1ccc(C(F)(F)F)cc1)(c1ccc(C(F)(F)F)cc1)c1ccc2c(c1)c1cc(P(=O)(c3ccc(C(F)(F)F)cc3)c3ccc(C(F)(F)F)cc3)ccc1n2-c1ccccc1. The van der Waals surface area contributed by atoms with Crippen LogP contribution in [0.2, 0.25) is 0 Å². The van der Waals surface area contributed by atoms with Gasteiger partial charge in [0.15, 0.2) is 14.3 Å². The summed E-state index contributed by atoms with van der Waals surface area (Å²) in [5.41, 5.74) is -2.77. The molecule has 0 aliphatic heterocycles. The van der Waals surface area contributed by atoms with Gasteiger partial charge in [0.25, 0.3) is 0 Å². The van der Waals surface area contributed by atoms with E-state index in [-0.39, 0.29) is 31.8 Å². The Hall–Kier alpha value is -6.04. The van der Waals surface area contributed by atoms with E-state index < -0.39 is 61.2 Å². The van der Waals surface area contributed by atoms with Gasteiger partial charge < -0.3 is 13.7 Å². The Morgan fingerprint density at radius 3 is 0.825 bits per heavy atom. The van der Waals surface area contributed by atoms with Crippen molar-refractivity contribution in [2.24, 2.45) is 0 Å². The molecule has 63 heavy (non-hydrogen) atoms. The lowest BCUT2D eigenvalue weighted by atomic mass is 10.1. The highest BCUT2D eigenvalue weighted by Gasteiger charge is 2.38. The summed E-state index contributed by atoms with van der Waals surface area (Å²) in [6.07, 6.45) is -19.1. The molecule has 1 aromatic heterocycles. The maximum atomic E-state index is 15.6. The normalized spacial score (nSPS) is 13.2. The second-order valence-corrected chi connectivity index (χ2v) is 20.0. The van der Waals surface area contributed by atoms with Crippen molar-refractivity contribution >= 4 is 67.9 Å². The van der Waals surface area contributed by atoms with Crippen LogP contribution >= 0.6 is 14.3 Å². The van der Waals surface area contributed by atoms with E-state index in [1.165, 1.54) is 24.3 Å². The predicted molar refractivity (Wildman–Crippen MR) is 220 cm³/mol. The fourth-order valence-electron chi connectivity index (χ4n) is 7.58. The first-order valence-corrected chi connectivity index (χ1v) is 22.0. The minimum Gasteiger partial charge on any atom is -0.309 e. The van der Waals surface area contributed by atoms with Crippen molar-refractivity contribution in [2.45, 2.75) is 24.7 Å². The Bertz CT molecular complexity index is 2770. The van der Waals surface area contributed by atoms with Crippen LogP contribution in [0, 0.1) is 0 Å². The van der Waals surface area contributed by atoms with Gasteiger partial charge in [-0.2, -0.15) is 52.7 Å². The quantitative estimate of drug-likeness (QED) is 0.118. The molecule has 1 heterocycles. The number of benzene rings is 7. The molecule has 0 amide bonds. The molecule has 17 heteroatoms. The van der Waals surface area contributed by atoms with Gasteiger partial charge in [-0.25, -0.2) is 0 Å². The predicted octanol–water partition coefficient (Wildman–Crippen LogP) is 12.1. The number of hydrogen-bond donors (Lipinski definition) is 0. The van der Waals surface area contributed by atoms with E-state index in [4.69, 9.17) is 0 Å².